The molecule has 0 saturated carbocycles. The molecule has 1 aliphatic rings. The summed E-state index contributed by atoms with van der Waals surface area (Å²) in [5.74, 6) is 0. The van der Waals surface area contributed by atoms with Crippen LogP contribution in [0.15, 0.2) is 59.7 Å². The van der Waals surface area contributed by atoms with E-state index in [0.717, 1.165) is 30.6 Å². The highest BCUT2D eigenvalue weighted by Crippen LogP contribution is 2.33. The van der Waals surface area contributed by atoms with E-state index in [1.165, 1.54) is 46.9 Å². The van der Waals surface area contributed by atoms with Gasteiger partial charge < -0.3 is 9.72 Å². The number of fused-ring (bicyclic) bond motifs is 1. The lowest BCUT2D eigenvalue weighted by Crippen LogP contribution is -2.41. The van der Waals surface area contributed by atoms with E-state index in [-0.39, 0.29) is 6.23 Å². The van der Waals surface area contributed by atoms with Crippen molar-refractivity contribution in [1.29, 1.82) is 0 Å². The van der Waals surface area contributed by atoms with E-state index in [1.54, 1.807) is 11.3 Å². The molecule has 4 heterocycles. The van der Waals surface area contributed by atoms with Gasteiger partial charge in [-0.3, -0.25) is 9.88 Å². The maximum atomic E-state index is 5.89. The minimum absolute atomic E-state index is 0.131. The van der Waals surface area contributed by atoms with Crippen molar-refractivity contribution in [3.8, 4) is 22.3 Å². The van der Waals surface area contributed by atoms with E-state index in [1.807, 2.05) is 19.5 Å². The van der Waals surface area contributed by atoms with Gasteiger partial charge in [-0.2, -0.15) is 11.3 Å². The predicted molar refractivity (Wildman–Crippen MR) is 125 cm³/mol. The number of methoxy groups -OCH3 is 1. The normalized spacial score (nSPS) is 16.2. The second-order valence-electron chi connectivity index (χ2n) is 8.01. The van der Waals surface area contributed by atoms with Crippen LogP contribution in [0.3, 0.4) is 0 Å². The van der Waals surface area contributed by atoms with Gasteiger partial charge in [-0.05, 0) is 46.9 Å². The maximum absolute atomic E-state index is 5.89. The Labute approximate surface area is 181 Å². The first kappa shape index (κ1) is 19.5. The van der Waals surface area contributed by atoms with E-state index < -0.39 is 0 Å². The summed E-state index contributed by atoms with van der Waals surface area (Å²) < 4.78 is 5.89. The number of hydrogen-bond donors (Lipinski definition) is 1. The van der Waals surface area contributed by atoms with Crippen LogP contribution in [0, 0.1) is 0 Å². The standard InChI is InChI=1S/C25H27N3OS/c1-29-24(28-9-3-2-4-10-28)13-18-6-5-7-22-23(16-27-25(18)22)21-12-20(14-26-15-21)19-8-11-30-17-19/h5-8,11-12,14-17,24,27H,2-4,9-10,13H2,1H3. The zero-order valence-electron chi connectivity index (χ0n) is 17.3. The number of likely N-dealkylation sites (tertiary alicyclic amines) is 1. The van der Waals surface area contributed by atoms with E-state index in [0.29, 0.717) is 0 Å². The van der Waals surface area contributed by atoms with Crippen molar-refractivity contribution in [3.05, 3.63) is 65.2 Å². The monoisotopic (exact) mass is 417 g/mol. The van der Waals surface area contributed by atoms with Crippen molar-refractivity contribution in [2.24, 2.45) is 0 Å². The predicted octanol–water partition coefficient (Wildman–Crippen LogP) is 5.96. The SMILES string of the molecule is COC(Cc1cccc2c(-c3cncc(-c4ccsc4)c3)c[nH]c12)N1CCCCC1. The van der Waals surface area contributed by atoms with Gasteiger partial charge in [-0.1, -0.05) is 24.6 Å². The van der Waals surface area contributed by atoms with Crippen molar-refractivity contribution in [3.63, 3.8) is 0 Å². The minimum Gasteiger partial charge on any atom is -0.366 e. The summed E-state index contributed by atoms with van der Waals surface area (Å²) in [6.07, 6.45) is 10.9. The molecule has 0 aliphatic carbocycles. The fourth-order valence-corrected chi connectivity index (χ4v) is 5.22. The van der Waals surface area contributed by atoms with Gasteiger partial charge in [0, 0.05) is 72.8 Å². The quantitative estimate of drug-likeness (QED) is 0.421. The smallest absolute Gasteiger partial charge is 0.114 e. The molecule has 0 spiro atoms. The van der Waals surface area contributed by atoms with Crippen LogP contribution in [-0.2, 0) is 11.2 Å². The molecule has 1 N–H and O–H groups in total. The molecule has 0 radical (unpaired) electrons. The van der Waals surface area contributed by atoms with Gasteiger partial charge in [-0.15, -0.1) is 0 Å². The Bertz CT molecular complexity index is 1110. The number of thiophene rings is 1. The van der Waals surface area contributed by atoms with Crippen LogP contribution in [0.1, 0.15) is 24.8 Å². The summed E-state index contributed by atoms with van der Waals surface area (Å²) >= 11 is 1.71. The van der Waals surface area contributed by atoms with Gasteiger partial charge in [-0.25, -0.2) is 0 Å². The Kier molecular flexibility index (Phi) is 5.67. The molecule has 5 heteroatoms. The lowest BCUT2D eigenvalue weighted by molar-refractivity contribution is -0.0401. The summed E-state index contributed by atoms with van der Waals surface area (Å²) in [6, 6.07) is 11.0. The lowest BCUT2D eigenvalue weighted by Gasteiger charge is -2.33. The third-order valence-corrected chi connectivity index (χ3v) is 6.85. The third-order valence-electron chi connectivity index (χ3n) is 6.17. The van der Waals surface area contributed by atoms with E-state index >= 15 is 0 Å². The zero-order valence-corrected chi connectivity index (χ0v) is 18.1. The topological polar surface area (TPSA) is 41.1 Å². The fraction of sp³-hybridized carbons (Fsp3) is 0.320. The molecule has 1 unspecified atom stereocenters. The van der Waals surface area contributed by atoms with Crippen LogP contribution in [0.2, 0.25) is 0 Å². The maximum Gasteiger partial charge on any atom is 0.114 e. The van der Waals surface area contributed by atoms with E-state index in [9.17, 15) is 0 Å². The number of benzene rings is 1. The number of nitrogens with zero attached hydrogens (tertiary/aromatic N) is 2. The Hall–Kier alpha value is -2.47. The van der Waals surface area contributed by atoms with Crippen LogP contribution in [-0.4, -0.2) is 41.3 Å². The lowest BCUT2D eigenvalue weighted by atomic mass is 10.0. The average Bonchev–Trinajstić information content (AvgIpc) is 3.49. The molecule has 1 aromatic carbocycles. The molecule has 154 valence electrons. The van der Waals surface area contributed by atoms with Crippen LogP contribution < -0.4 is 0 Å². The second-order valence-corrected chi connectivity index (χ2v) is 8.79. The number of nitrogens with one attached hydrogen (secondary N) is 1. The number of ether oxygens (including phenoxy) is 1. The van der Waals surface area contributed by atoms with Gasteiger partial charge in [0.05, 0.1) is 0 Å². The number of piperidine rings is 1. The largest absolute Gasteiger partial charge is 0.366 e. The molecule has 1 aliphatic heterocycles. The number of aromatic nitrogens is 2. The summed E-state index contributed by atoms with van der Waals surface area (Å²) in [5.41, 5.74) is 7.22. The average molecular weight is 418 g/mol. The molecule has 0 bridgehead atoms. The third kappa shape index (κ3) is 3.81. The van der Waals surface area contributed by atoms with Gasteiger partial charge in [0.25, 0.3) is 0 Å². The molecule has 1 fully saturated rings. The Morgan fingerprint density at radius 2 is 1.97 bits per heavy atom. The highest BCUT2D eigenvalue weighted by Gasteiger charge is 2.22. The molecule has 4 aromatic rings. The van der Waals surface area contributed by atoms with Crippen molar-refractivity contribution in [2.45, 2.75) is 31.9 Å². The van der Waals surface area contributed by atoms with Crippen molar-refractivity contribution in [1.82, 2.24) is 14.9 Å². The number of H-pyrrole nitrogens is 1. The van der Waals surface area contributed by atoms with Gasteiger partial charge in [0.2, 0.25) is 0 Å². The number of aromatic amines is 1. The molecule has 30 heavy (non-hydrogen) atoms. The van der Waals surface area contributed by atoms with Crippen molar-refractivity contribution >= 4 is 22.2 Å². The minimum atomic E-state index is 0.131. The summed E-state index contributed by atoms with van der Waals surface area (Å²) in [7, 11) is 1.83. The molecular weight excluding hydrogens is 390 g/mol. The number of pyridine rings is 1. The zero-order chi connectivity index (χ0) is 20.3. The summed E-state index contributed by atoms with van der Waals surface area (Å²) in [4.78, 5) is 10.5. The fourth-order valence-electron chi connectivity index (χ4n) is 4.56. The van der Waals surface area contributed by atoms with E-state index in [2.05, 4.69) is 62.2 Å². The van der Waals surface area contributed by atoms with Gasteiger partial charge in [0.15, 0.2) is 0 Å². The first-order chi connectivity index (χ1) is 14.8. The molecule has 0 amide bonds. The first-order valence-electron chi connectivity index (χ1n) is 10.7. The van der Waals surface area contributed by atoms with Crippen molar-refractivity contribution < 1.29 is 4.74 Å². The molecule has 1 saturated heterocycles. The Balaban J connectivity index is 1.47. The Morgan fingerprint density at radius 3 is 2.77 bits per heavy atom. The van der Waals surface area contributed by atoms with Crippen molar-refractivity contribution in [2.75, 3.05) is 20.2 Å². The number of para-hydroxylation sites is 1. The summed E-state index contributed by atoms with van der Waals surface area (Å²) in [6.45, 7) is 2.26. The number of rotatable bonds is 6. The van der Waals surface area contributed by atoms with Crippen LogP contribution in [0.25, 0.3) is 33.2 Å². The van der Waals surface area contributed by atoms with Gasteiger partial charge >= 0.3 is 0 Å². The van der Waals surface area contributed by atoms with Crippen LogP contribution in [0.5, 0.6) is 0 Å². The van der Waals surface area contributed by atoms with E-state index in [4.69, 9.17) is 4.74 Å². The van der Waals surface area contributed by atoms with Crippen LogP contribution in [0.4, 0.5) is 0 Å². The highest BCUT2D eigenvalue weighted by atomic mass is 32.1. The van der Waals surface area contributed by atoms with Gasteiger partial charge in [0.1, 0.15) is 6.23 Å². The number of hydrogen-bond acceptors (Lipinski definition) is 4. The molecule has 4 nitrogen and oxygen atoms in total. The highest BCUT2D eigenvalue weighted by molar-refractivity contribution is 7.08. The summed E-state index contributed by atoms with van der Waals surface area (Å²) in [5, 5.41) is 5.51. The Morgan fingerprint density at radius 1 is 1.10 bits per heavy atom. The molecule has 1 atom stereocenters. The first-order valence-corrected chi connectivity index (χ1v) is 11.6. The van der Waals surface area contributed by atoms with Crippen LogP contribution >= 0.6 is 11.3 Å². The molecule has 5 rings (SSSR count). The molecular formula is C25H27N3OS. The molecule has 3 aromatic heterocycles. The second kappa shape index (κ2) is 8.72.